The third-order valence-corrected chi connectivity index (χ3v) is 2.99. The average Bonchev–Trinajstić information content (AvgIpc) is 2.18. The maximum absolute atomic E-state index is 6.12. The highest BCUT2D eigenvalue weighted by Crippen LogP contribution is 2.14. The summed E-state index contributed by atoms with van der Waals surface area (Å²) in [5, 5.41) is 0. The lowest BCUT2D eigenvalue weighted by Gasteiger charge is -2.25. The predicted molar refractivity (Wildman–Crippen MR) is 67.0 cm³/mol. The SMILES string of the molecule is CCCCCCCC(N)C(OC)C(C)C. The number of nitrogens with two attached hydrogens (primary N) is 1. The molecule has 2 nitrogen and oxygen atoms in total. The molecule has 0 aliphatic heterocycles. The zero-order valence-corrected chi connectivity index (χ0v) is 11.0. The zero-order chi connectivity index (χ0) is 11.7. The number of hydrogen-bond acceptors (Lipinski definition) is 2. The van der Waals surface area contributed by atoms with E-state index < -0.39 is 0 Å². The first-order valence-corrected chi connectivity index (χ1v) is 6.41. The second-order valence-corrected chi connectivity index (χ2v) is 4.81. The van der Waals surface area contributed by atoms with E-state index >= 15 is 0 Å². The smallest absolute Gasteiger partial charge is 0.0744 e. The molecule has 0 bridgehead atoms. The van der Waals surface area contributed by atoms with E-state index in [-0.39, 0.29) is 12.1 Å². The van der Waals surface area contributed by atoms with Gasteiger partial charge in [-0.05, 0) is 12.3 Å². The molecule has 2 atom stereocenters. The van der Waals surface area contributed by atoms with Crippen molar-refractivity contribution in [1.82, 2.24) is 0 Å². The highest BCUT2D eigenvalue weighted by molar-refractivity contribution is 4.75. The fourth-order valence-corrected chi connectivity index (χ4v) is 2.09. The molecule has 0 heterocycles. The summed E-state index contributed by atoms with van der Waals surface area (Å²) in [7, 11) is 1.77. The molecule has 15 heavy (non-hydrogen) atoms. The molecule has 0 aliphatic rings. The molecule has 0 fully saturated rings. The third kappa shape index (κ3) is 6.91. The molecule has 92 valence electrons. The average molecular weight is 215 g/mol. The minimum atomic E-state index is 0.205. The van der Waals surface area contributed by atoms with Crippen LogP contribution in [0.2, 0.25) is 0 Å². The van der Waals surface area contributed by atoms with E-state index in [1.165, 1.54) is 32.1 Å². The summed E-state index contributed by atoms with van der Waals surface area (Å²) in [6.45, 7) is 6.58. The van der Waals surface area contributed by atoms with Crippen molar-refractivity contribution in [2.75, 3.05) is 7.11 Å². The van der Waals surface area contributed by atoms with Crippen LogP contribution in [-0.2, 0) is 4.74 Å². The lowest BCUT2D eigenvalue weighted by Crippen LogP contribution is -2.39. The molecule has 2 N–H and O–H groups in total. The molecule has 0 aliphatic carbocycles. The predicted octanol–water partition coefficient (Wildman–Crippen LogP) is 3.35. The van der Waals surface area contributed by atoms with Gasteiger partial charge >= 0.3 is 0 Å². The van der Waals surface area contributed by atoms with E-state index in [1.54, 1.807) is 7.11 Å². The number of methoxy groups -OCH3 is 1. The van der Waals surface area contributed by atoms with Gasteiger partial charge in [0.25, 0.3) is 0 Å². The lowest BCUT2D eigenvalue weighted by atomic mass is 9.95. The summed E-state index contributed by atoms with van der Waals surface area (Å²) >= 11 is 0. The van der Waals surface area contributed by atoms with Gasteiger partial charge in [0.1, 0.15) is 0 Å². The van der Waals surface area contributed by atoms with Gasteiger partial charge in [-0.25, -0.2) is 0 Å². The van der Waals surface area contributed by atoms with Crippen molar-refractivity contribution < 1.29 is 4.74 Å². The van der Waals surface area contributed by atoms with Crippen LogP contribution in [-0.4, -0.2) is 19.3 Å². The van der Waals surface area contributed by atoms with E-state index in [0.29, 0.717) is 5.92 Å². The van der Waals surface area contributed by atoms with Gasteiger partial charge in [0.15, 0.2) is 0 Å². The van der Waals surface area contributed by atoms with E-state index in [4.69, 9.17) is 10.5 Å². The Morgan fingerprint density at radius 3 is 2.13 bits per heavy atom. The summed E-state index contributed by atoms with van der Waals surface area (Å²) in [4.78, 5) is 0. The second-order valence-electron chi connectivity index (χ2n) is 4.81. The number of rotatable bonds is 9. The molecular weight excluding hydrogens is 186 g/mol. The van der Waals surface area contributed by atoms with E-state index in [1.807, 2.05) is 0 Å². The summed E-state index contributed by atoms with van der Waals surface area (Å²) in [6.07, 6.45) is 7.88. The van der Waals surface area contributed by atoms with Crippen molar-refractivity contribution in [3.05, 3.63) is 0 Å². The molecule has 0 rings (SSSR count). The minimum Gasteiger partial charge on any atom is -0.380 e. The molecule has 0 aromatic rings. The summed E-state index contributed by atoms with van der Waals surface area (Å²) in [5.74, 6) is 0.514. The molecule has 2 heteroatoms. The standard InChI is InChI=1S/C13H29NO/c1-5-6-7-8-9-10-12(14)13(15-4)11(2)3/h11-13H,5-10,14H2,1-4H3. The summed E-state index contributed by atoms with van der Waals surface area (Å²) < 4.78 is 5.43. The Morgan fingerprint density at radius 1 is 1.07 bits per heavy atom. The molecular formula is C13H29NO. The normalized spacial score (nSPS) is 15.6. The first kappa shape index (κ1) is 14.9. The number of unbranched alkanes of at least 4 members (excludes halogenated alkanes) is 4. The van der Waals surface area contributed by atoms with Gasteiger partial charge in [-0.15, -0.1) is 0 Å². The Labute approximate surface area is 95.6 Å². The molecule has 0 amide bonds. The largest absolute Gasteiger partial charge is 0.380 e. The van der Waals surface area contributed by atoms with Crippen molar-refractivity contribution in [3.8, 4) is 0 Å². The summed E-state index contributed by atoms with van der Waals surface area (Å²) in [5.41, 5.74) is 6.12. The monoisotopic (exact) mass is 215 g/mol. The Balaban J connectivity index is 3.57. The molecule has 0 saturated heterocycles. The fourth-order valence-electron chi connectivity index (χ4n) is 2.09. The maximum Gasteiger partial charge on any atom is 0.0744 e. The van der Waals surface area contributed by atoms with Crippen molar-refractivity contribution in [3.63, 3.8) is 0 Å². The first-order chi connectivity index (χ1) is 7.13. The molecule has 2 unspecified atom stereocenters. The van der Waals surface area contributed by atoms with Gasteiger partial charge in [0.2, 0.25) is 0 Å². The Morgan fingerprint density at radius 2 is 1.67 bits per heavy atom. The van der Waals surface area contributed by atoms with Crippen molar-refractivity contribution >= 4 is 0 Å². The van der Waals surface area contributed by atoms with Crippen LogP contribution in [0.4, 0.5) is 0 Å². The Hall–Kier alpha value is -0.0800. The summed E-state index contributed by atoms with van der Waals surface area (Å²) in [6, 6.07) is 0.205. The maximum atomic E-state index is 6.12. The van der Waals surface area contributed by atoms with Gasteiger partial charge in [-0.3, -0.25) is 0 Å². The van der Waals surface area contributed by atoms with Crippen molar-refractivity contribution in [1.29, 1.82) is 0 Å². The van der Waals surface area contributed by atoms with Gasteiger partial charge in [-0.2, -0.15) is 0 Å². The molecule has 0 aromatic heterocycles. The van der Waals surface area contributed by atoms with Gasteiger partial charge in [-0.1, -0.05) is 52.9 Å². The molecule has 0 radical (unpaired) electrons. The molecule has 0 spiro atoms. The van der Waals surface area contributed by atoms with Crippen LogP contribution in [0, 0.1) is 5.92 Å². The van der Waals surface area contributed by atoms with Crippen LogP contribution in [0.15, 0.2) is 0 Å². The van der Waals surface area contributed by atoms with E-state index in [0.717, 1.165) is 6.42 Å². The van der Waals surface area contributed by atoms with E-state index in [2.05, 4.69) is 20.8 Å². The van der Waals surface area contributed by atoms with Crippen LogP contribution in [0.5, 0.6) is 0 Å². The number of ether oxygens (including phenoxy) is 1. The minimum absolute atomic E-state index is 0.205. The quantitative estimate of drug-likeness (QED) is 0.599. The fraction of sp³-hybridized carbons (Fsp3) is 1.00. The zero-order valence-electron chi connectivity index (χ0n) is 11.0. The highest BCUT2D eigenvalue weighted by Gasteiger charge is 2.19. The van der Waals surface area contributed by atoms with Gasteiger partial charge < -0.3 is 10.5 Å². The van der Waals surface area contributed by atoms with Crippen molar-refractivity contribution in [2.24, 2.45) is 11.7 Å². The number of hydrogen-bond donors (Lipinski definition) is 1. The van der Waals surface area contributed by atoms with Crippen molar-refractivity contribution in [2.45, 2.75) is 71.4 Å². The first-order valence-electron chi connectivity index (χ1n) is 6.41. The second kappa shape index (κ2) is 9.17. The Bertz CT molecular complexity index is 136. The lowest BCUT2D eigenvalue weighted by molar-refractivity contribution is 0.0412. The van der Waals surface area contributed by atoms with Gasteiger partial charge in [0.05, 0.1) is 6.10 Å². The highest BCUT2D eigenvalue weighted by atomic mass is 16.5. The molecule has 0 aromatic carbocycles. The van der Waals surface area contributed by atoms with Crippen LogP contribution < -0.4 is 5.73 Å². The van der Waals surface area contributed by atoms with Crippen LogP contribution >= 0.6 is 0 Å². The van der Waals surface area contributed by atoms with Gasteiger partial charge in [0, 0.05) is 13.2 Å². The Kier molecular flexibility index (Phi) is 9.12. The topological polar surface area (TPSA) is 35.2 Å². The van der Waals surface area contributed by atoms with E-state index in [9.17, 15) is 0 Å². The van der Waals surface area contributed by atoms with Crippen LogP contribution in [0.25, 0.3) is 0 Å². The molecule has 0 saturated carbocycles. The van der Waals surface area contributed by atoms with Crippen LogP contribution in [0.1, 0.15) is 59.3 Å². The van der Waals surface area contributed by atoms with Crippen LogP contribution in [0.3, 0.4) is 0 Å². The third-order valence-electron chi connectivity index (χ3n) is 2.99.